The van der Waals surface area contributed by atoms with Crippen LogP contribution in [0.3, 0.4) is 0 Å². The molecule has 1 aromatic carbocycles. The maximum absolute atomic E-state index is 12.6. The second-order valence-corrected chi connectivity index (χ2v) is 7.44. The number of nitrogens with one attached hydrogen (secondary N) is 1. The van der Waals surface area contributed by atoms with E-state index in [9.17, 15) is 9.59 Å². The number of ketones is 1. The molecule has 7 heteroatoms. The Morgan fingerprint density at radius 3 is 2.83 bits per heavy atom. The molecule has 1 amide bonds. The molecule has 0 saturated heterocycles. The number of aryl methyl sites for hydroxylation is 2. The van der Waals surface area contributed by atoms with Gasteiger partial charge in [0.15, 0.2) is 11.4 Å². The van der Waals surface area contributed by atoms with Gasteiger partial charge in [-0.05, 0) is 44.7 Å². The molecule has 2 aromatic heterocycles. The van der Waals surface area contributed by atoms with Gasteiger partial charge in [0.1, 0.15) is 5.56 Å². The smallest absolute Gasteiger partial charge is 0.256 e. The Morgan fingerprint density at radius 2 is 2.00 bits per heavy atom. The number of para-hydroxylation sites is 1. The molecule has 3 aromatic rings. The number of hydrogen-bond donors (Lipinski definition) is 1. The zero-order valence-electron chi connectivity index (χ0n) is 16.8. The maximum atomic E-state index is 12.6. The second-order valence-electron chi connectivity index (χ2n) is 7.44. The van der Waals surface area contributed by atoms with Gasteiger partial charge in [0, 0.05) is 31.5 Å². The predicted molar refractivity (Wildman–Crippen MR) is 112 cm³/mol. The first-order valence-corrected chi connectivity index (χ1v) is 10.0. The molecule has 1 N–H and O–H groups in total. The van der Waals surface area contributed by atoms with E-state index < -0.39 is 0 Å². The van der Waals surface area contributed by atoms with Crippen LogP contribution in [0.25, 0.3) is 5.65 Å². The van der Waals surface area contributed by atoms with E-state index in [1.165, 1.54) is 37.0 Å². The van der Waals surface area contributed by atoms with Gasteiger partial charge in [-0.15, -0.1) is 0 Å². The minimum absolute atomic E-state index is 0.0716. The molecule has 0 fully saturated rings. The number of aromatic nitrogens is 3. The molecule has 3 heterocycles. The number of Topliss-reactive ketones (excluding diaryl/α,β-unsaturated/α-hetero) is 1. The van der Waals surface area contributed by atoms with Gasteiger partial charge in [0.25, 0.3) is 5.91 Å². The molecule has 29 heavy (non-hydrogen) atoms. The van der Waals surface area contributed by atoms with Crippen molar-refractivity contribution in [3.8, 4) is 0 Å². The lowest BCUT2D eigenvalue weighted by Gasteiger charge is -2.31. The number of anilines is 1. The van der Waals surface area contributed by atoms with Crippen LogP contribution in [0.4, 0.5) is 5.69 Å². The second kappa shape index (κ2) is 8.03. The van der Waals surface area contributed by atoms with Crippen LogP contribution in [-0.2, 0) is 6.42 Å². The largest absolute Gasteiger partial charge is 0.371 e. The van der Waals surface area contributed by atoms with Crippen LogP contribution in [0, 0.1) is 6.92 Å². The zero-order valence-corrected chi connectivity index (χ0v) is 16.8. The van der Waals surface area contributed by atoms with Crippen molar-refractivity contribution >= 4 is 23.0 Å². The van der Waals surface area contributed by atoms with Gasteiger partial charge in [-0.25, -0.2) is 9.50 Å². The van der Waals surface area contributed by atoms with Crippen LogP contribution in [0.1, 0.15) is 51.7 Å². The Balaban J connectivity index is 1.37. The number of amides is 1. The number of carbonyl (C=O) groups excluding carboxylic acids is 2. The monoisotopic (exact) mass is 391 g/mol. The topological polar surface area (TPSA) is 79.6 Å². The number of nitrogens with zero attached hydrogens (tertiary/aromatic N) is 4. The molecule has 0 atom stereocenters. The minimum Gasteiger partial charge on any atom is -0.371 e. The van der Waals surface area contributed by atoms with Crippen molar-refractivity contribution in [2.75, 3.05) is 24.5 Å². The molecular formula is C22H25N5O2. The highest BCUT2D eigenvalue weighted by Crippen LogP contribution is 2.26. The average molecular weight is 391 g/mol. The molecule has 4 rings (SSSR count). The van der Waals surface area contributed by atoms with Gasteiger partial charge >= 0.3 is 0 Å². The average Bonchev–Trinajstić information content (AvgIpc) is 3.16. The van der Waals surface area contributed by atoms with Crippen LogP contribution in [-0.4, -0.2) is 45.9 Å². The van der Waals surface area contributed by atoms with E-state index in [0.717, 1.165) is 25.9 Å². The molecule has 0 spiro atoms. The summed E-state index contributed by atoms with van der Waals surface area (Å²) in [5, 5.41) is 7.21. The number of rotatable bonds is 6. The Bertz CT molecular complexity index is 1070. The van der Waals surface area contributed by atoms with Crippen molar-refractivity contribution in [2.45, 2.75) is 33.1 Å². The Kier molecular flexibility index (Phi) is 5.29. The summed E-state index contributed by atoms with van der Waals surface area (Å²) in [6, 6.07) is 8.54. The number of benzene rings is 1. The van der Waals surface area contributed by atoms with E-state index in [4.69, 9.17) is 0 Å². The van der Waals surface area contributed by atoms with Crippen molar-refractivity contribution < 1.29 is 9.59 Å². The molecular weight excluding hydrogens is 366 g/mol. The quantitative estimate of drug-likeness (QED) is 0.516. The third-order valence-corrected chi connectivity index (χ3v) is 5.49. The van der Waals surface area contributed by atoms with Crippen molar-refractivity contribution in [3.63, 3.8) is 0 Å². The number of carbonyl (C=O) groups is 2. The van der Waals surface area contributed by atoms with Crippen molar-refractivity contribution in [1.82, 2.24) is 19.9 Å². The van der Waals surface area contributed by atoms with Crippen LogP contribution in [0.5, 0.6) is 0 Å². The van der Waals surface area contributed by atoms with Gasteiger partial charge in [-0.2, -0.15) is 5.10 Å². The lowest BCUT2D eigenvalue weighted by Crippen LogP contribution is -2.33. The first-order valence-electron chi connectivity index (χ1n) is 10.0. The summed E-state index contributed by atoms with van der Waals surface area (Å²) in [5.41, 5.74) is 4.80. The van der Waals surface area contributed by atoms with Crippen LogP contribution in [0.2, 0.25) is 0 Å². The predicted octanol–water partition coefficient (Wildman–Crippen LogP) is 2.81. The maximum Gasteiger partial charge on any atom is 0.256 e. The molecule has 1 aliphatic rings. The first kappa shape index (κ1) is 19.1. The summed E-state index contributed by atoms with van der Waals surface area (Å²) in [7, 11) is 0. The molecule has 0 aliphatic carbocycles. The van der Waals surface area contributed by atoms with E-state index in [-0.39, 0.29) is 11.7 Å². The standard InChI is InChI=1S/C22H25N5O2/c1-15-18(16(2)28)13-24-21-19(14-25-27(15)21)22(29)23-10-6-12-26-11-5-8-17-7-3-4-9-20(17)26/h3-4,7,9,13-14H,5-6,8,10-12H2,1-2H3,(H,23,29). The summed E-state index contributed by atoms with van der Waals surface area (Å²) in [6.45, 7) is 5.84. The zero-order chi connectivity index (χ0) is 20.4. The normalized spacial score (nSPS) is 13.4. The van der Waals surface area contributed by atoms with E-state index >= 15 is 0 Å². The fourth-order valence-electron chi connectivity index (χ4n) is 3.96. The molecule has 0 bridgehead atoms. The van der Waals surface area contributed by atoms with Gasteiger partial charge < -0.3 is 10.2 Å². The molecule has 0 radical (unpaired) electrons. The fraction of sp³-hybridized carbons (Fsp3) is 0.364. The van der Waals surface area contributed by atoms with Crippen LogP contribution < -0.4 is 10.2 Å². The van der Waals surface area contributed by atoms with Gasteiger partial charge in [-0.1, -0.05) is 18.2 Å². The summed E-state index contributed by atoms with van der Waals surface area (Å²) in [5.74, 6) is -0.265. The fourth-order valence-corrected chi connectivity index (χ4v) is 3.96. The Labute approximate surface area is 169 Å². The Morgan fingerprint density at radius 1 is 1.17 bits per heavy atom. The Hall–Kier alpha value is -3.22. The molecule has 1 aliphatic heterocycles. The van der Waals surface area contributed by atoms with E-state index in [2.05, 4.69) is 44.6 Å². The summed E-state index contributed by atoms with van der Waals surface area (Å²) in [6.07, 6.45) is 6.18. The molecule has 150 valence electrons. The molecule has 7 nitrogen and oxygen atoms in total. The highest BCUT2D eigenvalue weighted by molar-refractivity contribution is 6.00. The number of fused-ring (bicyclic) bond motifs is 2. The SMILES string of the molecule is CC(=O)c1cnc2c(C(=O)NCCCN3CCCc4ccccc43)cnn2c1C. The molecule has 0 unspecified atom stereocenters. The highest BCUT2D eigenvalue weighted by atomic mass is 16.1. The van der Waals surface area contributed by atoms with Crippen molar-refractivity contribution in [2.24, 2.45) is 0 Å². The van der Waals surface area contributed by atoms with E-state index in [1.807, 2.05) is 0 Å². The minimum atomic E-state index is -0.193. The summed E-state index contributed by atoms with van der Waals surface area (Å²) >= 11 is 0. The summed E-state index contributed by atoms with van der Waals surface area (Å²) < 4.78 is 1.55. The lowest BCUT2D eigenvalue weighted by molar-refractivity contribution is 0.0954. The highest BCUT2D eigenvalue weighted by Gasteiger charge is 2.18. The summed E-state index contributed by atoms with van der Waals surface area (Å²) in [4.78, 5) is 31.0. The van der Waals surface area contributed by atoms with E-state index in [0.29, 0.717) is 29.0 Å². The van der Waals surface area contributed by atoms with E-state index in [1.54, 1.807) is 11.4 Å². The van der Waals surface area contributed by atoms with Gasteiger partial charge in [0.2, 0.25) is 0 Å². The van der Waals surface area contributed by atoms with Crippen molar-refractivity contribution in [1.29, 1.82) is 0 Å². The third-order valence-electron chi connectivity index (χ3n) is 5.49. The first-order chi connectivity index (χ1) is 14.1. The number of hydrogen-bond acceptors (Lipinski definition) is 5. The lowest BCUT2D eigenvalue weighted by atomic mass is 10.0. The third kappa shape index (κ3) is 3.72. The van der Waals surface area contributed by atoms with Crippen LogP contribution in [0.15, 0.2) is 36.7 Å². The van der Waals surface area contributed by atoms with Gasteiger partial charge in [0.05, 0.1) is 17.5 Å². The van der Waals surface area contributed by atoms with Gasteiger partial charge in [-0.3, -0.25) is 9.59 Å². The van der Waals surface area contributed by atoms with Crippen molar-refractivity contribution in [3.05, 3.63) is 59.0 Å². The molecule has 0 saturated carbocycles. The van der Waals surface area contributed by atoms with Crippen LogP contribution >= 0.6 is 0 Å².